The highest BCUT2D eigenvalue weighted by Crippen LogP contribution is 2.49. The minimum Gasteiger partial charge on any atom is -0.493 e. The third-order valence-corrected chi connectivity index (χ3v) is 4.91. The van der Waals surface area contributed by atoms with Crippen LogP contribution in [0.25, 0.3) is 22.5 Å². The third kappa shape index (κ3) is 3.85. The molecule has 4 aromatic rings. The van der Waals surface area contributed by atoms with Crippen LogP contribution in [-0.4, -0.2) is 37.6 Å². The van der Waals surface area contributed by atoms with Crippen molar-refractivity contribution in [2.45, 2.75) is 0 Å². The third-order valence-electron chi connectivity index (χ3n) is 4.91. The van der Waals surface area contributed by atoms with Crippen LogP contribution in [0.1, 0.15) is 10.4 Å². The van der Waals surface area contributed by atoms with Crippen LogP contribution in [0.5, 0.6) is 17.2 Å². The second-order valence-electron chi connectivity index (χ2n) is 6.68. The molecule has 0 spiro atoms. The lowest BCUT2D eigenvalue weighted by Gasteiger charge is -2.20. The Bertz CT molecular complexity index is 1220. The Morgan fingerprint density at radius 1 is 1.00 bits per heavy atom. The molecule has 8 heteroatoms. The molecule has 0 aliphatic heterocycles. The van der Waals surface area contributed by atoms with Crippen molar-refractivity contribution in [2.24, 2.45) is 0 Å². The minimum absolute atomic E-state index is 0.368. The first-order valence-corrected chi connectivity index (χ1v) is 9.69. The molecule has 0 bridgehead atoms. The van der Waals surface area contributed by atoms with E-state index in [1.54, 1.807) is 30.9 Å². The van der Waals surface area contributed by atoms with Crippen molar-refractivity contribution in [1.82, 2.24) is 9.97 Å². The zero-order valence-corrected chi connectivity index (χ0v) is 17.8. The predicted octanol–water partition coefficient (Wildman–Crippen LogP) is 4.99. The van der Waals surface area contributed by atoms with Gasteiger partial charge >= 0.3 is 0 Å². The Labute approximate surface area is 184 Å². The molecule has 0 radical (unpaired) electrons. The summed E-state index contributed by atoms with van der Waals surface area (Å²) in [5, 5.41) is 3.26. The fraction of sp³-hybridized carbons (Fsp3) is 0.125. The summed E-state index contributed by atoms with van der Waals surface area (Å²) in [7, 11) is 4.54. The van der Waals surface area contributed by atoms with E-state index in [0.717, 1.165) is 11.8 Å². The first-order valence-electron chi connectivity index (χ1n) is 9.69. The highest BCUT2D eigenvalue weighted by Gasteiger charge is 2.24. The second kappa shape index (κ2) is 9.22. The van der Waals surface area contributed by atoms with E-state index in [1.807, 2.05) is 30.3 Å². The molecular formula is C24H21N3O5. The van der Waals surface area contributed by atoms with E-state index in [2.05, 4.69) is 15.3 Å². The number of aromatic nitrogens is 2. The zero-order valence-electron chi connectivity index (χ0n) is 17.8. The number of nitrogens with zero attached hydrogens (tertiary/aromatic N) is 2. The molecule has 0 aliphatic carbocycles. The lowest BCUT2D eigenvalue weighted by molar-refractivity contribution is 0.112. The number of methoxy groups -OCH3 is 3. The van der Waals surface area contributed by atoms with Gasteiger partial charge in [0.05, 0.1) is 33.8 Å². The van der Waals surface area contributed by atoms with E-state index in [9.17, 15) is 4.79 Å². The van der Waals surface area contributed by atoms with Crippen LogP contribution in [-0.2, 0) is 0 Å². The van der Waals surface area contributed by atoms with Gasteiger partial charge in [-0.2, -0.15) is 0 Å². The summed E-state index contributed by atoms with van der Waals surface area (Å²) in [5.74, 6) is 2.37. The molecule has 1 N–H and O–H groups in total. The fourth-order valence-electron chi connectivity index (χ4n) is 3.50. The average molecular weight is 431 g/mol. The van der Waals surface area contributed by atoms with Crippen molar-refractivity contribution in [1.29, 1.82) is 0 Å². The molecule has 0 unspecified atom stereocenters. The number of furan rings is 1. The van der Waals surface area contributed by atoms with E-state index in [0.29, 0.717) is 51.2 Å². The number of aldehydes is 1. The number of benzene rings is 2. The van der Waals surface area contributed by atoms with Crippen molar-refractivity contribution in [2.75, 3.05) is 26.6 Å². The first kappa shape index (κ1) is 20.9. The Morgan fingerprint density at radius 3 is 2.47 bits per heavy atom. The van der Waals surface area contributed by atoms with Gasteiger partial charge in [0.1, 0.15) is 11.6 Å². The smallest absolute Gasteiger partial charge is 0.203 e. The summed E-state index contributed by atoms with van der Waals surface area (Å²) in [5.41, 5.74) is 3.11. The van der Waals surface area contributed by atoms with Crippen LogP contribution < -0.4 is 19.5 Å². The normalized spacial score (nSPS) is 10.5. The largest absolute Gasteiger partial charge is 0.493 e. The van der Waals surface area contributed by atoms with E-state index in [-0.39, 0.29) is 0 Å². The second-order valence-corrected chi connectivity index (χ2v) is 6.68. The molecule has 162 valence electrons. The number of rotatable bonds is 8. The van der Waals surface area contributed by atoms with Crippen LogP contribution >= 0.6 is 0 Å². The number of hydrogen-bond acceptors (Lipinski definition) is 8. The molecule has 2 aromatic carbocycles. The Balaban J connectivity index is 2.00. The van der Waals surface area contributed by atoms with Crippen LogP contribution in [0.15, 0.2) is 65.7 Å². The van der Waals surface area contributed by atoms with Gasteiger partial charge in [0.15, 0.2) is 17.8 Å². The van der Waals surface area contributed by atoms with Crippen molar-refractivity contribution < 1.29 is 23.4 Å². The summed E-state index contributed by atoms with van der Waals surface area (Å²) in [4.78, 5) is 20.5. The van der Waals surface area contributed by atoms with Crippen molar-refractivity contribution in [3.63, 3.8) is 0 Å². The van der Waals surface area contributed by atoms with E-state index >= 15 is 0 Å². The maximum atomic E-state index is 12.1. The number of carbonyl (C=O) groups excluding carboxylic acids is 1. The topological polar surface area (TPSA) is 95.7 Å². The number of carbonyl (C=O) groups is 1. The van der Waals surface area contributed by atoms with Crippen molar-refractivity contribution in [3.05, 3.63) is 66.8 Å². The highest BCUT2D eigenvalue weighted by atomic mass is 16.5. The highest BCUT2D eigenvalue weighted by molar-refractivity contribution is 5.98. The van der Waals surface area contributed by atoms with Gasteiger partial charge in [-0.05, 0) is 36.4 Å². The standard InChI is InChI=1S/C24H21N3O5/c1-29-20-12-16(14-28)22(24(31-3)23(20)30-2)17-11-15(19-5-4-10-32-19)6-7-18(17)27-21-13-25-8-9-26-21/h4-14H,1-3H3,(H,26,27). The Hall–Kier alpha value is -4.33. The molecule has 0 saturated heterocycles. The summed E-state index contributed by atoms with van der Waals surface area (Å²) in [6.07, 6.45) is 7.15. The molecule has 0 aliphatic rings. The lowest BCUT2D eigenvalue weighted by atomic mass is 9.94. The molecular weight excluding hydrogens is 410 g/mol. The van der Waals surface area contributed by atoms with Gasteiger partial charge < -0.3 is 23.9 Å². The van der Waals surface area contributed by atoms with Gasteiger partial charge in [-0.1, -0.05) is 0 Å². The Kier molecular flexibility index (Phi) is 6.03. The van der Waals surface area contributed by atoms with Gasteiger partial charge in [-0.3, -0.25) is 9.78 Å². The van der Waals surface area contributed by atoms with Crippen molar-refractivity contribution in [3.8, 4) is 39.7 Å². The Morgan fingerprint density at radius 2 is 1.84 bits per heavy atom. The molecule has 4 rings (SSSR count). The summed E-state index contributed by atoms with van der Waals surface area (Å²) in [6, 6.07) is 11.0. The SMILES string of the molecule is COc1cc(C=O)c(-c2cc(-c3ccco3)ccc2Nc2cnccn2)c(OC)c1OC. The van der Waals surface area contributed by atoms with Crippen LogP contribution in [0.3, 0.4) is 0 Å². The number of ether oxygens (including phenoxy) is 3. The molecule has 0 saturated carbocycles. The fourth-order valence-corrected chi connectivity index (χ4v) is 3.50. The van der Waals surface area contributed by atoms with Crippen LogP contribution in [0.4, 0.5) is 11.5 Å². The maximum absolute atomic E-state index is 12.1. The zero-order chi connectivity index (χ0) is 22.5. The van der Waals surface area contributed by atoms with Crippen LogP contribution in [0.2, 0.25) is 0 Å². The molecule has 2 aromatic heterocycles. The minimum atomic E-state index is 0.368. The summed E-state index contributed by atoms with van der Waals surface area (Å²) >= 11 is 0. The summed E-state index contributed by atoms with van der Waals surface area (Å²) < 4.78 is 22.2. The number of hydrogen-bond donors (Lipinski definition) is 1. The monoisotopic (exact) mass is 431 g/mol. The average Bonchev–Trinajstić information content (AvgIpc) is 3.38. The quantitative estimate of drug-likeness (QED) is 0.390. The van der Waals surface area contributed by atoms with Crippen LogP contribution in [0, 0.1) is 0 Å². The number of anilines is 2. The molecule has 0 atom stereocenters. The van der Waals surface area contributed by atoms with Gasteiger partial charge in [0.2, 0.25) is 5.75 Å². The lowest BCUT2D eigenvalue weighted by Crippen LogP contribution is -2.03. The van der Waals surface area contributed by atoms with Gasteiger partial charge in [-0.15, -0.1) is 0 Å². The summed E-state index contributed by atoms with van der Waals surface area (Å²) in [6.45, 7) is 0. The van der Waals surface area contributed by atoms with Gasteiger partial charge in [0.25, 0.3) is 0 Å². The van der Waals surface area contributed by atoms with Gasteiger partial charge in [0, 0.05) is 40.3 Å². The predicted molar refractivity (Wildman–Crippen MR) is 120 cm³/mol. The molecule has 2 heterocycles. The van der Waals surface area contributed by atoms with E-state index in [4.69, 9.17) is 18.6 Å². The van der Waals surface area contributed by atoms with Crippen molar-refractivity contribution >= 4 is 17.8 Å². The molecule has 8 nitrogen and oxygen atoms in total. The van der Waals surface area contributed by atoms with E-state index in [1.165, 1.54) is 21.3 Å². The number of nitrogens with one attached hydrogen (secondary N) is 1. The first-order chi connectivity index (χ1) is 15.7. The van der Waals surface area contributed by atoms with Gasteiger partial charge in [-0.25, -0.2) is 4.98 Å². The molecule has 32 heavy (non-hydrogen) atoms. The molecule has 0 amide bonds. The maximum Gasteiger partial charge on any atom is 0.203 e. The van der Waals surface area contributed by atoms with E-state index < -0.39 is 0 Å². The molecule has 0 fully saturated rings.